The number of esters is 1. The number of hydrogen-bond donors (Lipinski definition) is 3. The molecule has 1 heterocycles. The van der Waals surface area contributed by atoms with Crippen LogP contribution < -0.4 is 10.6 Å². The molecule has 2 rings (SSSR count). The monoisotopic (exact) mass is 343 g/mol. The summed E-state index contributed by atoms with van der Waals surface area (Å²) in [5.41, 5.74) is 0.743. The highest BCUT2D eigenvalue weighted by molar-refractivity contribution is 6.00. The Labute approximate surface area is 143 Å². The van der Waals surface area contributed by atoms with Crippen molar-refractivity contribution in [1.29, 1.82) is 0 Å². The lowest BCUT2D eigenvalue weighted by atomic mass is 10.1. The molecule has 1 aromatic heterocycles. The fourth-order valence-corrected chi connectivity index (χ4v) is 2.03. The van der Waals surface area contributed by atoms with Gasteiger partial charge in [-0.25, -0.2) is 9.59 Å². The zero-order valence-electron chi connectivity index (χ0n) is 13.7. The number of carbonyl (C=O) groups excluding carboxylic acids is 4. The highest BCUT2D eigenvalue weighted by Crippen LogP contribution is 2.19. The molecule has 1 aromatic carbocycles. The standard InChI is InChI=1S/C17H17N3O5/c1-10(21)12-8-13(19-9-12)16(23)25-14(11-6-4-3-5-7-11)15(22)20-17(24)18-2/h3-9,14,19H,1-2H3,(H2,18,20,22,24)/t14-/m0/s1. The molecular weight excluding hydrogens is 326 g/mol. The van der Waals surface area contributed by atoms with Gasteiger partial charge in [-0.1, -0.05) is 30.3 Å². The third-order valence-corrected chi connectivity index (χ3v) is 3.34. The number of benzene rings is 1. The van der Waals surface area contributed by atoms with Crippen molar-refractivity contribution in [3.05, 3.63) is 59.4 Å². The van der Waals surface area contributed by atoms with Gasteiger partial charge in [-0.05, 0) is 13.0 Å². The van der Waals surface area contributed by atoms with Gasteiger partial charge in [-0.2, -0.15) is 0 Å². The first-order chi connectivity index (χ1) is 11.9. The largest absolute Gasteiger partial charge is 0.443 e. The van der Waals surface area contributed by atoms with E-state index in [-0.39, 0.29) is 11.5 Å². The smallest absolute Gasteiger partial charge is 0.355 e. The van der Waals surface area contributed by atoms with E-state index in [0.29, 0.717) is 11.1 Å². The van der Waals surface area contributed by atoms with Gasteiger partial charge in [0.1, 0.15) is 5.69 Å². The van der Waals surface area contributed by atoms with Crippen LogP contribution in [0.1, 0.15) is 39.4 Å². The summed E-state index contributed by atoms with van der Waals surface area (Å²) in [6.45, 7) is 1.36. The molecule has 0 fully saturated rings. The Morgan fingerprint density at radius 2 is 1.80 bits per heavy atom. The van der Waals surface area contributed by atoms with Gasteiger partial charge in [-0.3, -0.25) is 14.9 Å². The molecule has 0 aliphatic heterocycles. The molecule has 0 radical (unpaired) electrons. The predicted molar refractivity (Wildman–Crippen MR) is 88.0 cm³/mol. The van der Waals surface area contributed by atoms with Crippen molar-refractivity contribution in [3.8, 4) is 0 Å². The summed E-state index contributed by atoms with van der Waals surface area (Å²) in [5.74, 6) is -1.84. The molecule has 2 aromatic rings. The van der Waals surface area contributed by atoms with Crippen molar-refractivity contribution < 1.29 is 23.9 Å². The summed E-state index contributed by atoms with van der Waals surface area (Å²) in [6.07, 6.45) is 0.0520. The lowest BCUT2D eigenvalue weighted by Gasteiger charge is -2.17. The van der Waals surface area contributed by atoms with Crippen LogP contribution >= 0.6 is 0 Å². The van der Waals surface area contributed by atoms with Crippen LogP contribution in [0.15, 0.2) is 42.6 Å². The van der Waals surface area contributed by atoms with Crippen molar-refractivity contribution in [1.82, 2.24) is 15.6 Å². The number of aromatic amines is 1. The fraction of sp³-hybridized carbons (Fsp3) is 0.176. The Bertz CT molecular complexity index is 798. The molecule has 0 aliphatic carbocycles. The van der Waals surface area contributed by atoms with E-state index < -0.39 is 24.0 Å². The number of aromatic nitrogens is 1. The Morgan fingerprint density at radius 3 is 2.36 bits per heavy atom. The topological polar surface area (TPSA) is 117 Å². The van der Waals surface area contributed by atoms with Crippen molar-refractivity contribution >= 4 is 23.7 Å². The number of rotatable bonds is 5. The van der Waals surface area contributed by atoms with Gasteiger partial charge in [0.2, 0.25) is 6.10 Å². The average molecular weight is 343 g/mol. The van der Waals surface area contributed by atoms with E-state index in [4.69, 9.17) is 4.74 Å². The van der Waals surface area contributed by atoms with Gasteiger partial charge < -0.3 is 15.0 Å². The molecule has 130 valence electrons. The number of ether oxygens (including phenoxy) is 1. The van der Waals surface area contributed by atoms with E-state index in [1.54, 1.807) is 30.3 Å². The molecule has 3 N–H and O–H groups in total. The lowest BCUT2D eigenvalue weighted by molar-refractivity contribution is -0.129. The molecule has 0 aliphatic rings. The molecule has 0 unspecified atom stereocenters. The number of imide groups is 1. The van der Waals surface area contributed by atoms with Gasteiger partial charge in [0.05, 0.1) is 0 Å². The Balaban J connectivity index is 2.23. The van der Waals surface area contributed by atoms with E-state index in [9.17, 15) is 19.2 Å². The van der Waals surface area contributed by atoms with Gasteiger partial charge in [0.15, 0.2) is 5.78 Å². The van der Waals surface area contributed by atoms with Crippen LogP contribution in [-0.4, -0.2) is 35.7 Å². The highest BCUT2D eigenvalue weighted by Gasteiger charge is 2.27. The molecule has 0 saturated heterocycles. The number of hydrogen-bond acceptors (Lipinski definition) is 5. The van der Waals surface area contributed by atoms with Crippen LogP contribution in [0.4, 0.5) is 4.79 Å². The maximum absolute atomic E-state index is 12.3. The number of nitrogens with one attached hydrogen (secondary N) is 3. The van der Waals surface area contributed by atoms with E-state index in [1.165, 1.54) is 26.2 Å². The maximum atomic E-state index is 12.3. The molecule has 1 atom stereocenters. The minimum absolute atomic E-state index is 0.0267. The van der Waals surface area contributed by atoms with Crippen LogP contribution in [-0.2, 0) is 9.53 Å². The minimum atomic E-state index is -1.32. The second-order valence-electron chi connectivity index (χ2n) is 5.12. The number of urea groups is 1. The minimum Gasteiger partial charge on any atom is -0.443 e. The summed E-state index contributed by atoms with van der Waals surface area (Å²) in [6, 6.07) is 8.89. The number of amides is 3. The first-order valence-electron chi connectivity index (χ1n) is 7.40. The number of H-pyrrole nitrogens is 1. The second-order valence-corrected chi connectivity index (χ2v) is 5.12. The molecule has 25 heavy (non-hydrogen) atoms. The van der Waals surface area contributed by atoms with Crippen LogP contribution in [0.2, 0.25) is 0 Å². The van der Waals surface area contributed by atoms with Gasteiger partial charge in [-0.15, -0.1) is 0 Å². The van der Waals surface area contributed by atoms with E-state index >= 15 is 0 Å². The van der Waals surface area contributed by atoms with Gasteiger partial charge >= 0.3 is 12.0 Å². The summed E-state index contributed by atoms with van der Waals surface area (Å²) in [7, 11) is 1.36. The molecular formula is C17H17N3O5. The number of carbonyl (C=O) groups is 4. The quantitative estimate of drug-likeness (QED) is 0.563. The van der Waals surface area contributed by atoms with Crippen molar-refractivity contribution in [2.24, 2.45) is 0 Å². The van der Waals surface area contributed by atoms with Gasteiger partial charge in [0.25, 0.3) is 5.91 Å². The van der Waals surface area contributed by atoms with Crippen molar-refractivity contribution in [2.45, 2.75) is 13.0 Å². The third-order valence-electron chi connectivity index (χ3n) is 3.34. The average Bonchev–Trinajstić information content (AvgIpc) is 3.10. The summed E-state index contributed by atoms with van der Waals surface area (Å²) >= 11 is 0. The zero-order chi connectivity index (χ0) is 18.4. The normalized spacial score (nSPS) is 11.3. The Morgan fingerprint density at radius 1 is 1.12 bits per heavy atom. The second kappa shape index (κ2) is 7.91. The summed E-state index contributed by atoms with van der Waals surface area (Å²) < 4.78 is 5.25. The molecule has 8 heteroatoms. The van der Waals surface area contributed by atoms with Crippen LogP contribution in [0, 0.1) is 0 Å². The molecule has 3 amide bonds. The summed E-state index contributed by atoms with van der Waals surface area (Å²) in [5, 5.41) is 4.33. The summed E-state index contributed by atoms with van der Waals surface area (Å²) in [4.78, 5) is 49.9. The number of Topliss-reactive ketones (excluding diaryl/α,β-unsaturated/α-hetero) is 1. The van der Waals surface area contributed by atoms with Crippen molar-refractivity contribution in [3.63, 3.8) is 0 Å². The van der Waals surface area contributed by atoms with Crippen LogP contribution in [0.25, 0.3) is 0 Å². The van der Waals surface area contributed by atoms with E-state index in [1.807, 2.05) is 0 Å². The van der Waals surface area contributed by atoms with Crippen LogP contribution in [0.5, 0.6) is 0 Å². The fourth-order valence-electron chi connectivity index (χ4n) is 2.03. The van der Waals surface area contributed by atoms with Crippen molar-refractivity contribution in [2.75, 3.05) is 7.05 Å². The molecule has 0 saturated carbocycles. The lowest BCUT2D eigenvalue weighted by Crippen LogP contribution is -2.41. The van der Waals surface area contributed by atoms with Gasteiger partial charge in [0, 0.05) is 24.4 Å². The molecule has 0 spiro atoms. The number of ketones is 1. The Kier molecular flexibility index (Phi) is 5.67. The third kappa shape index (κ3) is 4.54. The van der Waals surface area contributed by atoms with Crippen LogP contribution in [0.3, 0.4) is 0 Å². The zero-order valence-corrected chi connectivity index (χ0v) is 13.7. The first-order valence-corrected chi connectivity index (χ1v) is 7.40. The molecule has 0 bridgehead atoms. The van der Waals surface area contributed by atoms with E-state index in [0.717, 1.165) is 0 Å². The molecule has 8 nitrogen and oxygen atoms in total. The predicted octanol–water partition coefficient (Wildman–Crippen LogP) is 1.57. The SMILES string of the molecule is CNC(=O)NC(=O)[C@@H](OC(=O)c1cc(C(C)=O)c[nH]1)c1ccccc1. The first kappa shape index (κ1) is 17.9. The van der Waals surface area contributed by atoms with E-state index in [2.05, 4.69) is 15.6 Å². The highest BCUT2D eigenvalue weighted by atomic mass is 16.5. The Hall–Kier alpha value is -3.42. The maximum Gasteiger partial charge on any atom is 0.355 e.